The summed E-state index contributed by atoms with van der Waals surface area (Å²) in [5.41, 5.74) is 2.60. The van der Waals surface area contributed by atoms with Crippen molar-refractivity contribution in [3.63, 3.8) is 0 Å². The lowest BCUT2D eigenvalue weighted by Crippen LogP contribution is -2.53. The van der Waals surface area contributed by atoms with Gasteiger partial charge in [-0.2, -0.15) is 0 Å². The van der Waals surface area contributed by atoms with Crippen LogP contribution in [0.1, 0.15) is 67.4 Å². The summed E-state index contributed by atoms with van der Waals surface area (Å²) in [4.78, 5) is 21.4. The Morgan fingerprint density at radius 2 is 1.83 bits per heavy atom. The Morgan fingerprint density at radius 1 is 1.06 bits per heavy atom. The normalized spacial score (nSPS) is 25.3. The molecule has 2 aromatic carbocycles. The van der Waals surface area contributed by atoms with Crippen molar-refractivity contribution in [3.8, 4) is 0 Å². The smallest absolute Gasteiger partial charge is 0.229 e. The average molecular weight is 505 g/mol. The Hall–Kier alpha value is -2.62. The molecule has 0 spiro atoms. The van der Waals surface area contributed by atoms with E-state index in [1.54, 1.807) is 0 Å². The number of nitrogens with zero attached hydrogens (tertiary/aromatic N) is 2. The quantitative estimate of drug-likeness (QED) is 0.304. The van der Waals surface area contributed by atoms with Crippen molar-refractivity contribution >= 4 is 29.1 Å². The summed E-state index contributed by atoms with van der Waals surface area (Å²) in [5, 5.41) is 1.39. The Morgan fingerprint density at radius 3 is 2.46 bits per heavy atom. The number of halogens is 2. The second-order valence-corrected chi connectivity index (χ2v) is 11.0. The van der Waals surface area contributed by atoms with E-state index in [4.69, 9.17) is 28.2 Å². The molecule has 0 bridgehead atoms. The molecule has 2 aliphatic rings. The van der Waals surface area contributed by atoms with Gasteiger partial charge < -0.3 is 4.90 Å². The first kappa shape index (κ1) is 24.1. The van der Waals surface area contributed by atoms with E-state index in [1.807, 2.05) is 54.7 Å². The molecule has 0 N–H and O–H groups in total. The number of aromatic nitrogens is 1. The molecule has 1 amide bonds. The molecule has 5 heteroatoms. The minimum absolute atomic E-state index is 0.0579. The van der Waals surface area contributed by atoms with Crippen LogP contribution in [0.4, 0.5) is 0 Å². The topological polar surface area (TPSA) is 33.2 Å². The molecule has 3 aromatic rings. The van der Waals surface area contributed by atoms with Crippen molar-refractivity contribution in [2.75, 3.05) is 0 Å². The number of carbonyl (C=O) groups is 1. The molecule has 3 nitrogen and oxygen atoms in total. The number of hydrogen-bond donors (Lipinski definition) is 0. The minimum Gasteiger partial charge on any atom is -0.326 e. The summed E-state index contributed by atoms with van der Waals surface area (Å²) in [6.07, 6.45) is 7.22. The van der Waals surface area contributed by atoms with Gasteiger partial charge in [0.1, 0.15) is 0 Å². The van der Waals surface area contributed by atoms with Gasteiger partial charge in [0, 0.05) is 22.2 Å². The maximum atomic E-state index is 14.5. The Labute approximate surface area is 217 Å². The fourth-order valence-corrected chi connectivity index (χ4v) is 6.09. The number of carbonyl (C=O) groups excluding carboxylic acids is 1. The third-order valence-electron chi connectivity index (χ3n) is 7.54. The zero-order valence-electron chi connectivity index (χ0n) is 19.9. The van der Waals surface area contributed by atoms with Gasteiger partial charge in [-0.1, -0.05) is 66.5 Å². The maximum absolute atomic E-state index is 14.5. The van der Waals surface area contributed by atoms with Crippen LogP contribution >= 0.6 is 23.2 Å². The molecule has 1 aliphatic carbocycles. The summed E-state index contributed by atoms with van der Waals surface area (Å²) in [7, 11) is 0. The van der Waals surface area contributed by atoms with Gasteiger partial charge in [0.25, 0.3) is 0 Å². The van der Waals surface area contributed by atoms with E-state index in [9.17, 15) is 4.79 Å². The highest BCUT2D eigenvalue weighted by Gasteiger charge is 2.54. The second kappa shape index (κ2) is 9.79. The molecule has 2 fully saturated rings. The number of piperidine rings is 1. The standard InChI is InChI=1S/C30H30Cl2N2O/c1-3-16-30(2)19-25(22-7-6-8-24(32)18-22)27(20-12-14-23(31)15-13-20)34(29(30)35)28(21-10-11-21)26-9-4-5-17-33-26/h3-9,12-15,17-18,21,25,27-28H,1,10-11,16,19H2,2H3/t25?,27-,28+,30?/m1/s1. The summed E-state index contributed by atoms with van der Waals surface area (Å²) >= 11 is 12.7. The van der Waals surface area contributed by atoms with E-state index in [0.717, 1.165) is 29.7 Å². The molecule has 2 heterocycles. The first-order chi connectivity index (χ1) is 16.9. The Balaban J connectivity index is 1.72. The van der Waals surface area contributed by atoms with Crippen LogP contribution in [0, 0.1) is 11.3 Å². The number of benzene rings is 2. The molecule has 5 rings (SSSR count). The van der Waals surface area contributed by atoms with Crippen molar-refractivity contribution < 1.29 is 4.79 Å². The van der Waals surface area contributed by atoms with E-state index in [1.165, 1.54) is 0 Å². The van der Waals surface area contributed by atoms with Gasteiger partial charge in [0.2, 0.25) is 5.91 Å². The number of likely N-dealkylation sites (tertiary alicyclic amines) is 1. The van der Waals surface area contributed by atoms with Crippen molar-refractivity contribution in [1.82, 2.24) is 9.88 Å². The number of allylic oxidation sites excluding steroid dienone is 1. The van der Waals surface area contributed by atoms with E-state index < -0.39 is 5.41 Å². The molecule has 4 atom stereocenters. The molecule has 1 aliphatic heterocycles. The molecule has 1 aromatic heterocycles. The average Bonchev–Trinajstić information content (AvgIpc) is 3.69. The maximum Gasteiger partial charge on any atom is 0.229 e. The zero-order chi connectivity index (χ0) is 24.6. The predicted molar refractivity (Wildman–Crippen MR) is 142 cm³/mol. The van der Waals surface area contributed by atoms with E-state index in [-0.39, 0.29) is 23.9 Å². The van der Waals surface area contributed by atoms with Crippen LogP contribution < -0.4 is 0 Å². The van der Waals surface area contributed by atoms with Crippen LogP contribution in [0.2, 0.25) is 10.0 Å². The van der Waals surface area contributed by atoms with Gasteiger partial charge in [-0.3, -0.25) is 9.78 Å². The monoisotopic (exact) mass is 504 g/mol. The first-order valence-electron chi connectivity index (χ1n) is 12.3. The molecule has 2 unspecified atom stereocenters. The number of rotatable bonds is 7. The van der Waals surface area contributed by atoms with Gasteiger partial charge in [0.05, 0.1) is 23.2 Å². The SMILES string of the molecule is C=CCC1(C)CC(c2cccc(Cl)c2)[C@@H](c2ccc(Cl)cc2)N([C@H](c2ccccn2)C2CC2)C1=O. The van der Waals surface area contributed by atoms with Gasteiger partial charge in [0.15, 0.2) is 0 Å². The van der Waals surface area contributed by atoms with Crippen molar-refractivity contribution in [3.05, 3.63) is 112 Å². The zero-order valence-corrected chi connectivity index (χ0v) is 21.4. The molecule has 35 heavy (non-hydrogen) atoms. The van der Waals surface area contributed by atoms with Crippen molar-refractivity contribution in [2.24, 2.45) is 11.3 Å². The molecule has 1 saturated carbocycles. The molecule has 1 saturated heterocycles. The van der Waals surface area contributed by atoms with Gasteiger partial charge in [-0.25, -0.2) is 0 Å². The second-order valence-electron chi connectivity index (χ2n) is 10.2. The van der Waals surface area contributed by atoms with Gasteiger partial charge in [-0.15, -0.1) is 6.58 Å². The number of pyridine rings is 1. The molecule has 180 valence electrons. The number of hydrogen-bond acceptors (Lipinski definition) is 2. The third-order valence-corrected chi connectivity index (χ3v) is 8.03. The fourth-order valence-electron chi connectivity index (χ4n) is 5.77. The van der Waals surface area contributed by atoms with E-state index in [0.29, 0.717) is 28.8 Å². The molecular weight excluding hydrogens is 475 g/mol. The van der Waals surface area contributed by atoms with Crippen LogP contribution in [0.3, 0.4) is 0 Å². The lowest BCUT2D eigenvalue weighted by atomic mass is 9.67. The lowest BCUT2D eigenvalue weighted by molar-refractivity contribution is -0.155. The fraction of sp³-hybridized carbons (Fsp3) is 0.333. The van der Waals surface area contributed by atoms with Gasteiger partial charge >= 0.3 is 0 Å². The summed E-state index contributed by atoms with van der Waals surface area (Å²) in [6.45, 7) is 6.08. The van der Waals surface area contributed by atoms with Crippen molar-refractivity contribution in [1.29, 1.82) is 0 Å². The highest BCUT2D eigenvalue weighted by molar-refractivity contribution is 6.30. The van der Waals surface area contributed by atoms with Crippen LogP contribution in [0.5, 0.6) is 0 Å². The highest BCUT2D eigenvalue weighted by atomic mass is 35.5. The Bertz CT molecular complexity index is 1210. The highest BCUT2D eigenvalue weighted by Crippen LogP contribution is 2.57. The largest absolute Gasteiger partial charge is 0.326 e. The first-order valence-corrected chi connectivity index (χ1v) is 13.0. The van der Waals surface area contributed by atoms with Crippen LogP contribution in [0.15, 0.2) is 85.6 Å². The van der Waals surface area contributed by atoms with Crippen LogP contribution in [0.25, 0.3) is 0 Å². The summed E-state index contributed by atoms with van der Waals surface area (Å²) < 4.78 is 0. The minimum atomic E-state index is -0.570. The Kier molecular flexibility index (Phi) is 6.74. The van der Waals surface area contributed by atoms with E-state index in [2.05, 4.69) is 42.7 Å². The summed E-state index contributed by atoms with van der Waals surface area (Å²) in [5.74, 6) is 0.621. The van der Waals surface area contributed by atoms with Gasteiger partial charge in [-0.05, 0) is 79.1 Å². The van der Waals surface area contributed by atoms with Crippen molar-refractivity contribution in [2.45, 2.75) is 50.6 Å². The van der Waals surface area contributed by atoms with E-state index >= 15 is 0 Å². The molecular formula is C30H30Cl2N2O. The molecule has 0 radical (unpaired) electrons. The summed E-state index contributed by atoms with van der Waals surface area (Å²) in [6, 6.07) is 21.8. The lowest BCUT2D eigenvalue weighted by Gasteiger charge is -2.52. The predicted octanol–water partition coefficient (Wildman–Crippen LogP) is 8.18. The van der Waals surface area contributed by atoms with Crippen LogP contribution in [-0.4, -0.2) is 15.8 Å². The number of amides is 1. The third kappa shape index (κ3) is 4.77. The van der Waals surface area contributed by atoms with Crippen LogP contribution in [-0.2, 0) is 4.79 Å².